The first-order chi connectivity index (χ1) is 14.2. The van der Waals surface area contributed by atoms with Crippen LogP contribution in [0.4, 0.5) is 0 Å². The molecule has 6 heteroatoms. The zero-order valence-electron chi connectivity index (χ0n) is 16.7. The molecule has 1 aromatic carbocycles. The number of benzene rings is 1. The summed E-state index contributed by atoms with van der Waals surface area (Å²) >= 11 is 0. The molecule has 1 aromatic heterocycles. The summed E-state index contributed by atoms with van der Waals surface area (Å²) in [4.78, 5) is 21.1. The van der Waals surface area contributed by atoms with Gasteiger partial charge in [-0.2, -0.15) is 0 Å². The number of nitrogens with zero attached hydrogens (tertiary/aromatic N) is 3. The molecule has 29 heavy (non-hydrogen) atoms. The number of carbonyl (C=O) groups is 1. The normalized spacial score (nSPS) is 21.1. The highest BCUT2D eigenvalue weighted by molar-refractivity contribution is 5.94. The van der Waals surface area contributed by atoms with Crippen LogP contribution in [0.15, 0.2) is 48.7 Å². The largest absolute Gasteiger partial charge is 0.490 e. The molecule has 1 N–H and O–H groups in total. The van der Waals surface area contributed by atoms with Crippen molar-refractivity contribution in [1.29, 1.82) is 0 Å². The molecule has 3 heterocycles. The van der Waals surface area contributed by atoms with Gasteiger partial charge in [0.05, 0.1) is 11.8 Å². The molecule has 2 aliphatic rings. The lowest BCUT2D eigenvalue weighted by molar-refractivity contribution is 0.0473. The fourth-order valence-electron chi connectivity index (χ4n) is 4.10. The minimum absolute atomic E-state index is 0.0156. The van der Waals surface area contributed by atoms with Gasteiger partial charge in [-0.05, 0) is 62.1 Å². The molecule has 0 unspecified atom stereocenters. The Morgan fingerprint density at radius 3 is 2.55 bits per heavy atom. The zero-order valence-corrected chi connectivity index (χ0v) is 16.7. The average molecular weight is 396 g/mol. The number of β-amino-alcohol motifs (C(OH)–C–C–N with tert-alkyl or cyclic N) is 1. The molecule has 1 atom stereocenters. The molecule has 0 aliphatic carbocycles. The van der Waals surface area contributed by atoms with Crippen molar-refractivity contribution in [3.63, 3.8) is 0 Å². The molecular weight excluding hydrogens is 366 g/mol. The van der Waals surface area contributed by atoms with Crippen molar-refractivity contribution in [3.8, 4) is 5.75 Å². The number of ether oxygens (including phenoxy) is 1. The van der Waals surface area contributed by atoms with Crippen molar-refractivity contribution in [2.24, 2.45) is 0 Å². The highest BCUT2D eigenvalue weighted by Crippen LogP contribution is 2.21. The molecule has 2 aliphatic heterocycles. The summed E-state index contributed by atoms with van der Waals surface area (Å²) in [5, 5.41) is 9.78. The number of hydrogen-bond donors (Lipinski definition) is 1. The van der Waals surface area contributed by atoms with Gasteiger partial charge in [0.25, 0.3) is 5.91 Å². The highest BCUT2D eigenvalue weighted by Gasteiger charge is 2.24. The van der Waals surface area contributed by atoms with Crippen LogP contribution >= 0.6 is 0 Å². The number of piperidine rings is 2. The maximum Gasteiger partial charge on any atom is 0.253 e. The smallest absolute Gasteiger partial charge is 0.253 e. The summed E-state index contributed by atoms with van der Waals surface area (Å²) in [7, 11) is 0. The second-order valence-electron chi connectivity index (χ2n) is 7.99. The molecule has 0 bridgehead atoms. The summed E-state index contributed by atoms with van der Waals surface area (Å²) in [6.07, 6.45) is 5.24. The molecule has 2 aromatic rings. The maximum absolute atomic E-state index is 12.6. The third kappa shape index (κ3) is 5.34. The van der Waals surface area contributed by atoms with E-state index in [9.17, 15) is 9.90 Å². The van der Waals surface area contributed by atoms with E-state index in [1.165, 1.54) is 0 Å². The molecule has 6 nitrogen and oxygen atoms in total. The van der Waals surface area contributed by atoms with Crippen LogP contribution in [0.5, 0.6) is 5.75 Å². The Kier molecular flexibility index (Phi) is 6.42. The molecule has 0 saturated carbocycles. The molecule has 154 valence electrons. The first kappa shape index (κ1) is 19.9. The Morgan fingerprint density at radius 1 is 1.07 bits per heavy atom. The van der Waals surface area contributed by atoms with Gasteiger partial charge >= 0.3 is 0 Å². The second kappa shape index (κ2) is 9.37. The van der Waals surface area contributed by atoms with Gasteiger partial charge in [-0.3, -0.25) is 14.7 Å². The summed E-state index contributed by atoms with van der Waals surface area (Å²) in [6, 6.07) is 13.5. The number of likely N-dealkylation sites (tertiary alicyclic amines) is 2. The summed E-state index contributed by atoms with van der Waals surface area (Å²) in [6.45, 7) is 4.01. The van der Waals surface area contributed by atoms with Crippen LogP contribution in [0.1, 0.15) is 41.7 Å². The minimum atomic E-state index is -0.404. The van der Waals surface area contributed by atoms with Crippen molar-refractivity contribution in [1.82, 2.24) is 14.8 Å². The van der Waals surface area contributed by atoms with E-state index < -0.39 is 6.10 Å². The van der Waals surface area contributed by atoms with E-state index >= 15 is 0 Å². The van der Waals surface area contributed by atoms with E-state index in [0.717, 1.165) is 56.8 Å². The van der Waals surface area contributed by atoms with Gasteiger partial charge in [0.1, 0.15) is 11.9 Å². The van der Waals surface area contributed by atoms with Gasteiger partial charge in [0.15, 0.2) is 0 Å². The Morgan fingerprint density at radius 2 is 1.86 bits per heavy atom. The Bertz CT molecular complexity index is 789. The molecule has 0 radical (unpaired) electrons. The van der Waals surface area contributed by atoms with E-state index in [1.54, 1.807) is 4.90 Å². The topological polar surface area (TPSA) is 65.9 Å². The van der Waals surface area contributed by atoms with Crippen LogP contribution in [0.2, 0.25) is 0 Å². The SMILES string of the molecule is O=C(c1ccc(OC2CCN(Cc3ccccn3)CC2)cc1)N1CCC[C@H](O)C1. The summed E-state index contributed by atoms with van der Waals surface area (Å²) in [5.74, 6) is 0.793. The number of aromatic nitrogens is 1. The number of aliphatic hydroxyl groups excluding tert-OH is 1. The van der Waals surface area contributed by atoms with Gasteiger partial charge in [-0.1, -0.05) is 6.07 Å². The van der Waals surface area contributed by atoms with Crippen molar-refractivity contribution in [3.05, 3.63) is 59.9 Å². The van der Waals surface area contributed by atoms with E-state index in [2.05, 4.69) is 16.0 Å². The van der Waals surface area contributed by atoms with Crippen LogP contribution in [0.25, 0.3) is 0 Å². The highest BCUT2D eigenvalue weighted by atomic mass is 16.5. The number of amides is 1. The molecule has 2 fully saturated rings. The quantitative estimate of drug-likeness (QED) is 0.843. The second-order valence-corrected chi connectivity index (χ2v) is 7.99. The lowest BCUT2D eigenvalue weighted by Crippen LogP contribution is -2.42. The summed E-state index contributed by atoms with van der Waals surface area (Å²) < 4.78 is 6.14. The van der Waals surface area contributed by atoms with Crippen LogP contribution in [0, 0.1) is 0 Å². The number of pyridine rings is 1. The van der Waals surface area contributed by atoms with E-state index in [4.69, 9.17) is 4.74 Å². The van der Waals surface area contributed by atoms with Gasteiger partial charge < -0.3 is 14.7 Å². The molecule has 2 saturated heterocycles. The zero-order chi connectivity index (χ0) is 20.1. The number of hydrogen-bond acceptors (Lipinski definition) is 5. The van der Waals surface area contributed by atoms with E-state index in [0.29, 0.717) is 18.7 Å². The van der Waals surface area contributed by atoms with Crippen LogP contribution < -0.4 is 4.74 Å². The van der Waals surface area contributed by atoms with Gasteiger partial charge in [0, 0.05) is 44.5 Å². The lowest BCUT2D eigenvalue weighted by Gasteiger charge is -2.32. The fraction of sp³-hybridized carbons (Fsp3) is 0.478. The predicted molar refractivity (Wildman–Crippen MR) is 111 cm³/mol. The standard InChI is InChI=1S/C23H29N3O3/c27-20-5-3-13-26(17-20)23(28)18-6-8-21(9-7-18)29-22-10-14-25(15-11-22)16-19-4-1-2-12-24-19/h1-2,4,6-9,12,20,22,27H,3,5,10-11,13-17H2/t20-/m0/s1. The monoisotopic (exact) mass is 395 g/mol. The van der Waals surface area contributed by atoms with Gasteiger partial charge in [-0.25, -0.2) is 0 Å². The van der Waals surface area contributed by atoms with Crippen molar-refractivity contribution in [2.45, 2.75) is 44.4 Å². The first-order valence-electron chi connectivity index (χ1n) is 10.5. The third-order valence-electron chi connectivity index (χ3n) is 5.73. The molecule has 1 amide bonds. The van der Waals surface area contributed by atoms with Crippen molar-refractivity contribution >= 4 is 5.91 Å². The van der Waals surface area contributed by atoms with Crippen LogP contribution in [-0.2, 0) is 6.54 Å². The number of aliphatic hydroxyl groups is 1. The van der Waals surface area contributed by atoms with Crippen molar-refractivity contribution in [2.75, 3.05) is 26.2 Å². The summed E-state index contributed by atoms with van der Waals surface area (Å²) in [5.41, 5.74) is 1.75. The van der Waals surface area contributed by atoms with Gasteiger partial charge in [0.2, 0.25) is 0 Å². The van der Waals surface area contributed by atoms with Crippen molar-refractivity contribution < 1.29 is 14.6 Å². The lowest BCUT2D eigenvalue weighted by atomic mass is 10.1. The predicted octanol–water partition coefficient (Wildman–Crippen LogP) is 2.72. The average Bonchev–Trinajstić information content (AvgIpc) is 2.76. The van der Waals surface area contributed by atoms with Gasteiger partial charge in [-0.15, -0.1) is 0 Å². The third-order valence-corrected chi connectivity index (χ3v) is 5.73. The molecule has 4 rings (SSSR count). The number of rotatable bonds is 5. The maximum atomic E-state index is 12.6. The Hall–Kier alpha value is -2.44. The number of carbonyl (C=O) groups excluding carboxylic acids is 1. The molecule has 0 spiro atoms. The Labute approximate surface area is 172 Å². The van der Waals surface area contributed by atoms with E-state index in [1.807, 2.05) is 42.6 Å². The Balaban J connectivity index is 1.26. The van der Waals surface area contributed by atoms with E-state index in [-0.39, 0.29) is 12.0 Å². The molecular formula is C23H29N3O3. The first-order valence-corrected chi connectivity index (χ1v) is 10.5. The van der Waals surface area contributed by atoms with Crippen LogP contribution in [-0.4, -0.2) is 64.2 Å². The van der Waals surface area contributed by atoms with Crippen LogP contribution in [0.3, 0.4) is 0 Å². The fourth-order valence-corrected chi connectivity index (χ4v) is 4.10. The minimum Gasteiger partial charge on any atom is -0.490 e.